The van der Waals surface area contributed by atoms with Crippen LogP contribution in [0.2, 0.25) is 25.7 Å². The third kappa shape index (κ3) is 4.92. The van der Waals surface area contributed by atoms with Crippen LogP contribution in [-0.4, -0.2) is 19.0 Å². The molecule has 23 heavy (non-hydrogen) atoms. The van der Waals surface area contributed by atoms with E-state index in [0.29, 0.717) is 5.01 Å². The first kappa shape index (κ1) is 18.2. The summed E-state index contributed by atoms with van der Waals surface area (Å²) in [5.74, 6) is -0.501. The molecule has 2 heterocycles. The van der Waals surface area contributed by atoms with Gasteiger partial charge in [0, 0.05) is 13.0 Å². The molecular formula is C15H20F2N2OS2Si. The van der Waals surface area contributed by atoms with E-state index in [0.717, 1.165) is 34.4 Å². The van der Waals surface area contributed by atoms with Crippen molar-refractivity contribution < 1.29 is 13.6 Å². The number of aromatic nitrogens is 1. The number of rotatable bonds is 6. The Morgan fingerprint density at radius 3 is 2.70 bits per heavy atom. The average molecular weight is 375 g/mol. The standard InChI is InChI=1S/C15H20F2N2OS2Si/c1-9-18-12(14(16)17)13(22-9)15(20)19-10-5-7-21-11(10)6-8-23(2,3)4/h5,7,14H,6,8H2,1-4H3,(H,19,20). The van der Waals surface area contributed by atoms with E-state index in [4.69, 9.17) is 0 Å². The fraction of sp³-hybridized carbons (Fsp3) is 0.467. The molecular weight excluding hydrogens is 354 g/mol. The van der Waals surface area contributed by atoms with Gasteiger partial charge >= 0.3 is 0 Å². The average Bonchev–Trinajstić information content (AvgIpc) is 3.02. The number of thiophene rings is 1. The Labute approximate surface area is 143 Å². The topological polar surface area (TPSA) is 42.0 Å². The zero-order valence-electron chi connectivity index (χ0n) is 13.6. The van der Waals surface area contributed by atoms with Crippen LogP contribution >= 0.6 is 22.7 Å². The van der Waals surface area contributed by atoms with Crippen LogP contribution in [-0.2, 0) is 6.42 Å². The van der Waals surface area contributed by atoms with Crippen molar-refractivity contribution in [2.75, 3.05) is 5.32 Å². The lowest BCUT2D eigenvalue weighted by Crippen LogP contribution is -2.20. The first-order valence-electron chi connectivity index (χ1n) is 7.30. The molecule has 0 saturated carbocycles. The third-order valence-corrected chi connectivity index (χ3v) is 6.98. The van der Waals surface area contributed by atoms with Crippen molar-refractivity contribution in [3.05, 3.63) is 31.9 Å². The first-order chi connectivity index (χ1) is 10.7. The molecule has 0 radical (unpaired) electrons. The lowest BCUT2D eigenvalue weighted by atomic mass is 10.3. The molecule has 0 aromatic carbocycles. The summed E-state index contributed by atoms with van der Waals surface area (Å²) in [5, 5.41) is 5.16. The van der Waals surface area contributed by atoms with Gasteiger partial charge in [-0.05, 0) is 24.8 Å². The maximum atomic E-state index is 13.0. The molecule has 2 aromatic heterocycles. The minimum Gasteiger partial charge on any atom is -0.320 e. The van der Waals surface area contributed by atoms with Crippen LogP contribution < -0.4 is 5.32 Å². The van der Waals surface area contributed by atoms with Crippen LogP contribution in [0.3, 0.4) is 0 Å². The van der Waals surface area contributed by atoms with Crippen molar-refractivity contribution in [2.45, 2.75) is 45.5 Å². The highest BCUT2D eigenvalue weighted by atomic mass is 32.1. The Morgan fingerprint density at radius 1 is 1.39 bits per heavy atom. The van der Waals surface area contributed by atoms with E-state index in [1.54, 1.807) is 18.3 Å². The van der Waals surface area contributed by atoms with E-state index in [1.165, 1.54) is 0 Å². The molecule has 0 aliphatic heterocycles. The Kier molecular flexibility index (Phi) is 5.69. The Morgan fingerprint density at radius 2 is 2.09 bits per heavy atom. The fourth-order valence-corrected chi connectivity index (χ4v) is 4.90. The summed E-state index contributed by atoms with van der Waals surface area (Å²) in [4.78, 5) is 17.2. The molecule has 1 N–H and O–H groups in total. The summed E-state index contributed by atoms with van der Waals surface area (Å²) < 4.78 is 26.0. The van der Waals surface area contributed by atoms with Crippen LogP contribution in [0.5, 0.6) is 0 Å². The van der Waals surface area contributed by atoms with E-state index < -0.39 is 26.1 Å². The van der Waals surface area contributed by atoms with Crippen molar-refractivity contribution in [3.8, 4) is 0 Å². The normalized spacial score (nSPS) is 12.0. The predicted molar refractivity (Wildman–Crippen MR) is 95.9 cm³/mol. The highest BCUT2D eigenvalue weighted by molar-refractivity contribution is 7.14. The van der Waals surface area contributed by atoms with Crippen LogP contribution in [0.25, 0.3) is 0 Å². The summed E-state index contributed by atoms with van der Waals surface area (Å²) in [6.45, 7) is 8.52. The van der Waals surface area contributed by atoms with Crippen molar-refractivity contribution in [2.24, 2.45) is 0 Å². The number of nitrogens with zero attached hydrogens (tertiary/aromatic N) is 1. The number of halogens is 2. The molecule has 0 saturated heterocycles. The number of amides is 1. The highest BCUT2D eigenvalue weighted by Gasteiger charge is 2.24. The number of hydrogen-bond acceptors (Lipinski definition) is 4. The quantitative estimate of drug-likeness (QED) is 0.670. The van der Waals surface area contributed by atoms with E-state index >= 15 is 0 Å². The minimum absolute atomic E-state index is 0.000142. The SMILES string of the molecule is Cc1nc(C(F)F)c(C(=O)Nc2ccsc2CC[Si](C)(C)C)s1. The number of hydrogen-bond donors (Lipinski definition) is 1. The molecule has 0 aliphatic carbocycles. The summed E-state index contributed by atoms with van der Waals surface area (Å²) in [6.07, 6.45) is -1.83. The number of carbonyl (C=O) groups is 1. The van der Waals surface area contributed by atoms with Crippen molar-refractivity contribution in [1.82, 2.24) is 4.98 Å². The molecule has 1 amide bonds. The van der Waals surface area contributed by atoms with Gasteiger partial charge in [0.25, 0.3) is 12.3 Å². The van der Waals surface area contributed by atoms with Gasteiger partial charge in [-0.1, -0.05) is 25.7 Å². The third-order valence-electron chi connectivity index (χ3n) is 3.27. The number of carbonyl (C=O) groups excluding carboxylic acids is 1. The zero-order valence-corrected chi connectivity index (χ0v) is 16.2. The molecule has 8 heteroatoms. The van der Waals surface area contributed by atoms with Crippen LogP contribution in [0.4, 0.5) is 14.5 Å². The van der Waals surface area contributed by atoms with Gasteiger partial charge in [-0.25, -0.2) is 13.8 Å². The van der Waals surface area contributed by atoms with Crippen molar-refractivity contribution in [1.29, 1.82) is 0 Å². The molecule has 126 valence electrons. The molecule has 0 unspecified atom stereocenters. The Hall–Kier alpha value is -1.12. The van der Waals surface area contributed by atoms with E-state index in [-0.39, 0.29) is 4.88 Å². The highest BCUT2D eigenvalue weighted by Crippen LogP contribution is 2.30. The van der Waals surface area contributed by atoms with E-state index in [2.05, 4.69) is 29.9 Å². The van der Waals surface area contributed by atoms with Gasteiger partial charge in [0.05, 0.1) is 10.7 Å². The summed E-state index contributed by atoms with van der Waals surface area (Å²) >= 11 is 2.59. The number of nitrogens with one attached hydrogen (secondary N) is 1. The van der Waals surface area contributed by atoms with Gasteiger partial charge in [0.2, 0.25) is 0 Å². The van der Waals surface area contributed by atoms with Gasteiger partial charge in [-0.2, -0.15) is 0 Å². The lowest BCUT2D eigenvalue weighted by Gasteiger charge is -2.15. The molecule has 0 fully saturated rings. The van der Waals surface area contributed by atoms with Crippen molar-refractivity contribution in [3.63, 3.8) is 0 Å². The van der Waals surface area contributed by atoms with Gasteiger partial charge in [-0.15, -0.1) is 22.7 Å². The molecule has 3 nitrogen and oxygen atoms in total. The molecule has 0 aliphatic rings. The fourth-order valence-electron chi connectivity index (χ4n) is 2.07. The van der Waals surface area contributed by atoms with Crippen molar-refractivity contribution >= 4 is 42.3 Å². The first-order valence-corrected chi connectivity index (χ1v) is 12.7. The summed E-state index contributed by atoms with van der Waals surface area (Å²) in [6, 6.07) is 2.95. The predicted octanol–water partition coefficient (Wildman–Crippen LogP) is 5.58. The maximum Gasteiger partial charge on any atom is 0.282 e. The van der Waals surface area contributed by atoms with E-state index in [9.17, 15) is 13.6 Å². The summed E-state index contributed by atoms with van der Waals surface area (Å²) in [7, 11) is -1.17. The number of alkyl halides is 2. The van der Waals surface area contributed by atoms with Crippen LogP contribution in [0, 0.1) is 6.92 Å². The molecule has 0 bridgehead atoms. The molecule has 2 rings (SSSR count). The number of thiazole rings is 1. The maximum absolute atomic E-state index is 13.0. The van der Waals surface area contributed by atoms with Gasteiger partial charge < -0.3 is 5.32 Å². The molecule has 2 aromatic rings. The van der Waals surface area contributed by atoms with Gasteiger partial charge in [0.1, 0.15) is 10.6 Å². The number of aryl methyl sites for hydroxylation is 2. The Balaban J connectivity index is 2.14. The van der Waals surface area contributed by atoms with Gasteiger partial charge in [0.15, 0.2) is 0 Å². The molecule has 0 spiro atoms. The van der Waals surface area contributed by atoms with E-state index in [1.807, 2.05) is 11.4 Å². The second kappa shape index (κ2) is 7.19. The number of anilines is 1. The van der Waals surface area contributed by atoms with Gasteiger partial charge in [-0.3, -0.25) is 4.79 Å². The van der Waals surface area contributed by atoms with Crippen LogP contribution in [0.1, 0.15) is 31.7 Å². The summed E-state index contributed by atoms with van der Waals surface area (Å²) in [5.41, 5.74) is 0.299. The lowest BCUT2D eigenvalue weighted by molar-refractivity contribution is 0.101. The smallest absolute Gasteiger partial charge is 0.282 e. The van der Waals surface area contributed by atoms with Crippen LogP contribution in [0.15, 0.2) is 11.4 Å². The second-order valence-electron chi connectivity index (χ2n) is 6.52. The largest absolute Gasteiger partial charge is 0.320 e. The second-order valence-corrected chi connectivity index (χ2v) is 14.3. The zero-order chi connectivity index (χ0) is 17.2. The monoisotopic (exact) mass is 374 g/mol. The molecule has 0 atom stereocenters. The minimum atomic E-state index is -2.74. The Bertz CT molecular complexity index is 692.